The maximum absolute atomic E-state index is 12.0. The SMILES string of the molecule is O=C1NN=C(c2ccc(NC(=O)c3ccccc3)cc2)CO1. The lowest BCUT2D eigenvalue weighted by Crippen LogP contribution is -2.30. The zero-order chi connectivity index (χ0) is 15.4. The molecule has 0 bridgehead atoms. The first-order valence-corrected chi connectivity index (χ1v) is 6.68. The lowest BCUT2D eigenvalue weighted by molar-refractivity contribution is 0.102. The van der Waals surface area contributed by atoms with Crippen molar-refractivity contribution < 1.29 is 14.3 Å². The van der Waals surface area contributed by atoms with Crippen LogP contribution in [-0.2, 0) is 4.74 Å². The Labute approximate surface area is 126 Å². The molecule has 22 heavy (non-hydrogen) atoms. The minimum absolute atomic E-state index is 0.127. The molecule has 1 heterocycles. The Morgan fingerprint density at radius 1 is 1.09 bits per heavy atom. The highest BCUT2D eigenvalue weighted by atomic mass is 16.6. The molecule has 0 radical (unpaired) electrons. The number of benzene rings is 2. The molecule has 0 aliphatic carbocycles. The van der Waals surface area contributed by atoms with Crippen molar-refractivity contribution in [2.45, 2.75) is 0 Å². The quantitative estimate of drug-likeness (QED) is 0.912. The highest BCUT2D eigenvalue weighted by Gasteiger charge is 2.14. The summed E-state index contributed by atoms with van der Waals surface area (Å²) in [5, 5.41) is 6.74. The predicted molar refractivity (Wildman–Crippen MR) is 81.9 cm³/mol. The molecule has 2 N–H and O–H groups in total. The fourth-order valence-electron chi connectivity index (χ4n) is 2.00. The number of carbonyl (C=O) groups is 2. The number of nitrogens with one attached hydrogen (secondary N) is 2. The predicted octanol–water partition coefficient (Wildman–Crippen LogP) is 2.38. The van der Waals surface area contributed by atoms with Crippen LogP contribution in [0.4, 0.5) is 10.5 Å². The van der Waals surface area contributed by atoms with Gasteiger partial charge in [0.1, 0.15) is 12.3 Å². The third-order valence-corrected chi connectivity index (χ3v) is 3.13. The zero-order valence-corrected chi connectivity index (χ0v) is 11.6. The Morgan fingerprint density at radius 3 is 2.45 bits per heavy atom. The number of ether oxygens (including phenoxy) is 1. The lowest BCUT2D eigenvalue weighted by Gasteiger charge is -2.13. The summed E-state index contributed by atoms with van der Waals surface area (Å²) >= 11 is 0. The minimum atomic E-state index is -0.560. The Balaban J connectivity index is 1.70. The van der Waals surface area contributed by atoms with Gasteiger partial charge in [-0.2, -0.15) is 5.10 Å². The molecule has 0 unspecified atom stereocenters. The number of hydrazone groups is 1. The number of cyclic esters (lactones) is 1. The van der Waals surface area contributed by atoms with Crippen LogP contribution in [0.3, 0.4) is 0 Å². The summed E-state index contributed by atoms with van der Waals surface area (Å²) in [6.07, 6.45) is -0.560. The Morgan fingerprint density at radius 2 is 1.82 bits per heavy atom. The van der Waals surface area contributed by atoms with Crippen molar-refractivity contribution in [3.05, 3.63) is 65.7 Å². The number of hydrogen-bond acceptors (Lipinski definition) is 4. The van der Waals surface area contributed by atoms with E-state index < -0.39 is 6.09 Å². The first-order valence-electron chi connectivity index (χ1n) is 6.68. The van der Waals surface area contributed by atoms with Crippen LogP contribution in [0.15, 0.2) is 59.7 Å². The van der Waals surface area contributed by atoms with Crippen molar-refractivity contribution in [2.75, 3.05) is 11.9 Å². The second-order valence-electron chi connectivity index (χ2n) is 4.64. The van der Waals surface area contributed by atoms with Crippen molar-refractivity contribution >= 4 is 23.4 Å². The Hall–Kier alpha value is -3.15. The molecule has 0 fully saturated rings. The summed E-state index contributed by atoms with van der Waals surface area (Å²) in [4.78, 5) is 22.9. The maximum atomic E-state index is 12.0. The van der Waals surface area contributed by atoms with Gasteiger partial charge in [-0.25, -0.2) is 10.2 Å². The standard InChI is InChI=1S/C16H13N3O3/c20-15(12-4-2-1-3-5-12)17-13-8-6-11(7-9-13)14-10-22-16(21)19-18-14/h1-9H,10H2,(H,17,20)(H,19,21). The molecular formula is C16H13N3O3. The van der Waals surface area contributed by atoms with Gasteiger partial charge in [-0.3, -0.25) is 4.79 Å². The second kappa shape index (κ2) is 6.09. The van der Waals surface area contributed by atoms with Gasteiger partial charge in [0.25, 0.3) is 5.91 Å². The summed E-state index contributed by atoms with van der Waals surface area (Å²) in [6.45, 7) is 0.127. The topological polar surface area (TPSA) is 79.8 Å². The van der Waals surface area contributed by atoms with Gasteiger partial charge in [0, 0.05) is 16.8 Å². The molecule has 0 atom stereocenters. The molecule has 6 heteroatoms. The lowest BCUT2D eigenvalue weighted by atomic mass is 10.1. The largest absolute Gasteiger partial charge is 0.442 e. The van der Waals surface area contributed by atoms with Crippen LogP contribution in [0.1, 0.15) is 15.9 Å². The Bertz CT molecular complexity index is 724. The van der Waals surface area contributed by atoms with Gasteiger partial charge in [0.2, 0.25) is 0 Å². The van der Waals surface area contributed by atoms with Gasteiger partial charge in [0.05, 0.1) is 0 Å². The van der Waals surface area contributed by atoms with Gasteiger partial charge in [-0.05, 0) is 24.3 Å². The molecule has 2 aromatic carbocycles. The number of nitrogens with zero attached hydrogens (tertiary/aromatic N) is 1. The van der Waals surface area contributed by atoms with E-state index in [1.165, 1.54) is 0 Å². The first kappa shape index (κ1) is 13.8. The smallest absolute Gasteiger partial charge is 0.428 e. The molecule has 1 aliphatic heterocycles. The van der Waals surface area contributed by atoms with Gasteiger partial charge < -0.3 is 10.1 Å². The number of hydrogen-bond donors (Lipinski definition) is 2. The van der Waals surface area contributed by atoms with Crippen molar-refractivity contribution in [2.24, 2.45) is 5.10 Å². The monoisotopic (exact) mass is 295 g/mol. The second-order valence-corrected chi connectivity index (χ2v) is 4.64. The number of amides is 2. The average molecular weight is 295 g/mol. The summed E-state index contributed by atoms with van der Waals surface area (Å²) < 4.78 is 4.85. The molecule has 3 rings (SSSR count). The van der Waals surface area contributed by atoms with Crippen LogP contribution in [0.25, 0.3) is 0 Å². The van der Waals surface area contributed by atoms with E-state index in [1.54, 1.807) is 36.4 Å². The van der Waals surface area contributed by atoms with Crippen molar-refractivity contribution in [3.8, 4) is 0 Å². The van der Waals surface area contributed by atoms with Crippen LogP contribution in [-0.4, -0.2) is 24.3 Å². The van der Waals surface area contributed by atoms with Crippen LogP contribution in [0, 0.1) is 0 Å². The average Bonchev–Trinajstić information content (AvgIpc) is 2.57. The fourth-order valence-corrected chi connectivity index (χ4v) is 2.00. The summed E-state index contributed by atoms with van der Waals surface area (Å²) in [7, 11) is 0. The molecule has 0 spiro atoms. The molecular weight excluding hydrogens is 282 g/mol. The summed E-state index contributed by atoms with van der Waals surface area (Å²) in [5.41, 5.74) is 4.98. The molecule has 110 valence electrons. The molecule has 0 aromatic heterocycles. The third-order valence-electron chi connectivity index (χ3n) is 3.13. The highest BCUT2D eigenvalue weighted by Crippen LogP contribution is 2.13. The normalized spacial score (nSPS) is 13.6. The van der Waals surface area contributed by atoms with Gasteiger partial charge in [-0.1, -0.05) is 30.3 Å². The van der Waals surface area contributed by atoms with Crippen LogP contribution >= 0.6 is 0 Å². The van der Waals surface area contributed by atoms with Gasteiger partial charge in [0.15, 0.2) is 0 Å². The Kier molecular flexibility index (Phi) is 3.82. The van der Waals surface area contributed by atoms with Crippen molar-refractivity contribution in [1.82, 2.24) is 5.43 Å². The van der Waals surface area contributed by atoms with E-state index >= 15 is 0 Å². The number of carbonyl (C=O) groups excluding carboxylic acids is 2. The first-order chi connectivity index (χ1) is 10.7. The summed E-state index contributed by atoms with van der Waals surface area (Å²) in [5.74, 6) is -0.168. The minimum Gasteiger partial charge on any atom is -0.442 e. The summed E-state index contributed by atoms with van der Waals surface area (Å²) in [6, 6.07) is 16.1. The van der Waals surface area contributed by atoms with E-state index in [4.69, 9.17) is 4.74 Å². The van der Waals surface area contributed by atoms with E-state index in [9.17, 15) is 9.59 Å². The van der Waals surface area contributed by atoms with Gasteiger partial charge in [-0.15, -0.1) is 0 Å². The van der Waals surface area contributed by atoms with E-state index in [1.807, 2.05) is 18.2 Å². The fraction of sp³-hybridized carbons (Fsp3) is 0.0625. The molecule has 2 amide bonds. The molecule has 1 aliphatic rings. The molecule has 2 aromatic rings. The highest BCUT2D eigenvalue weighted by molar-refractivity contribution is 6.06. The van der Waals surface area contributed by atoms with E-state index in [0.717, 1.165) is 5.56 Å². The molecule has 0 saturated heterocycles. The van der Waals surface area contributed by atoms with Gasteiger partial charge >= 0.3 is 6.09 Å². The van der Waals surface area contributed by atoms with E-state index in [2.05, 4.69) is 15.8 Å². The zero-order valence-electron chi connectivity index (χ0n) is 11.6. The maximum Gasteiger partial charge on any atom is 0.428 e. The van der Waals surface area contributed by atoms with Crippen molar-refractivity contribution in [1.29, 1.82) is 0 Å². The van der Waals surface area contributed by atoms with E-state index in [0.29, 0.717) is 17.0 Å². The third kappa shape index (κ3) is 3.12. The molecule has 6 nitrogen and oxygen atoms in total. The van der Waals surface area contributed by atoms with Crippen LogP contribution < -0.4 is 10.7 Å². The number of anilines is 1. The molecule has 0 saturated carbocycles. The van der Waals surface area contributed by atoms with Crippen LogP contribution in [0.5, 0.6) is 0 Å². The van der Waals surface area contributed by atoms with Crippen molar-refractivity contribution in [3.63, 3.8) is 0 Å². The van der Waals surface area contributed by atoms with Crippen LogP contribution in [0.2, 0.25) is 0 Å². The van der Waals surface area contributed by atoms with E-state index in [-0.39, 0.29) is 12.5 Å². The number of rotatable bonds is 3.